The minimum absolute atomic E-state index is 0.190. The Morgan fingerprint density at radius 2 is 2.04 bits per heavy atom. The minimum Gasteiger partial charge on any atom is -0.466 e. The van der Waals surface area contributed by atoms with Crippen molar-refractivity contribution in [1.82, 2.24) is 9.88 Å². The Labute approximate surface area is 148 Å². The Balaban J connectivity index is 1.55. The maximum absolute atomic E-state index is 12.5. The molecule has 0 unspecified atom stereocenters. The first-order valence-corrected chi connectivity index (χ1v) is 9.11. The summed E-state index contributed by atoms with van der Waals surface area (Å²) in [4.78, 5) is 32.7. The van der Waals surface area contributed by atoms with E-state index in [1.165, 1.54) is 12.8 Å². The van der Waals surface area contributed by atoms with E-state index in [1.807, 2.05) is 12.1 Å². The van der Waals surface area contributed by atoms with Gasteiger partial charge in [0.05, 0.1) is 24.4 Å². The van der Waals surface area contributed by atoms with Crippen molar-refractivity contribution in [3.05, 3.63) is 18.3 Å². The number of anilines is 2. The van der Waals surface area contributed by atoms with Crippen LogP contribution in [0.2, 0.25) is 0 Å². The van der Waals surface area contributed by atoms with Crippen LogP contribution < -0.4 is 10.2 Å². The van der Waals surface area contributed by atoms with E-state index in [4.69, 9.17) is 4.74 Å². The lowest BCUT2D eigenvalue weighted by Gasteiger charge is -2.31. The molecule has 0 bridgehead atoms. The van der Waals surface area contributed by atoms with E-state index in [-0.39, 0.29) is 17.9 Å². The van der Waals surface area contributed by atoms with Gasteiger partial charge in [-0.3, -0.25) is 4.79 Å². The third-order valence-corrected chi connectivity index (χ3v) is 4.76. The van der Waals surface area contributed by atoms with Crippen LogP contribution in [0.25, 0.3) is 0 Å². The van der Waals surface area contributed by atoms with Crippen LogP contribution in [0, 0.1) is 5.92 Å². The molecule has 7 nitrogen and oxygen atoms in total. The zero-order chi connectivity index (χ0) is 17.6. The highest BCUT2D eigenvalue weighted by Crippen LogP contribution is 2.21. The Bertz CT molecular complexity index is 599. The predicted molar refractivity (Wildman–Crippen MR) is 95.6 cm³/mol. The number of likely N-dealkylation sites (tertiary alicyclic amines) is 1. The molecule has 0 spiro atoms. The molecule has 3 heterocycles. The number of rotatable bonds is 4. The molecule has 2 aliphatic heterocycles. The first-order valence-electron chi connectivity index (χ1n) is 9.11. The number of hydrogen-bond donors (Lipinski definition) is 1. The Kier molecular flexibility index (Phi) is 5.73. The van der Waals surface area contributed by atoms with Crippen molar-refractivity contribution < 1.29 is 14.3 Å². The number of hydrogen-bond acceptors (Lipinski definition) is 5. The van der Waals surface area contributed by atoms with Gasteiger partial charge in [-0.15, -0.1) is 0 Å². The Morgan fingerprint density at radius 3 is 2.72 bits per heavy atom. The summed E-state index contributed by atoms with van der Waals surface area (Å²) >= 11 is 0. The lowest BCUT2D eigenvalue weighted by atomic mass is 9.98. The molecule has 1 N–H and O–H groups in total. The van der Waals surface area contributed by atoms with Gasteiger partial charge in [-0.1, -0.05) is 0 Å². The van der Waals surface area contributed by atoms with Crippen LogP contribution in [-0.2, 0) is 9.53 Å². The van der Waals surface area contributed by atoms with Crippen molar-refractivity contribution in [2.24, 2.45) is 5.92 Å². The number of aromatic nitrogens is 1. The average Bonchev–Trinajstić information content (AvgIpc) is 3.17. The summed E-state index contributed by atoms with van der Waals surface area (Å²) in [5.41, 5.74) is 0.672. The SMILES string of the molecule is CCOC(=O)[C@H]1CCCN(C(=O)Nc2ccc(N3CCCC3)nc2)C1. The van der Waals surface area contributed by atoms with Crippen LogP contribution in [0.15, 0.2) is 18.3 Å². The summed E-state index contributed by atoms with van der Waals surface area (Å²) in [6.45, 7) is 5.31. The highest BCUT2D eigenvalue weighted by Gasteiger charge is 2.29. The van der Waals surface area contributed by atoms with E-state index < -0.39 is 0 Å². The molecular weight excluding hydrogens is 320 g/mol. The number of piperidine rings is 1. The number of ether oxygens (including phenoxy) is 1. The number of pyridine rings is 1. The third kappa shape index (κ3) is 4.41. The molecule has 0 aliphatic carbocycles. The van der Waals surface area contributed by atoms with Gasteiger partial charge in [0.25, 0.3) is 0 Å². The third-order valence-electron chi connectivity index (χ3n) is 4.76. The summed E-state index contributed by atoms with van der Waals surface area (Å²) < 4.78 is 5.08. The lowest BCUT2D eigenvalue weighted by molar-refractivity contribution is -0.149. The van der Waals surface area contributed by atoms with E-state index in [1.54, 1.807) is 18.0 Å². The Hall–Kier alpha value is -2.31. The molecule has 2 amide bonds. The second-order valence-corrected chi connectivity index (χ2v) is 6.57. The fraction of sp³-hybridized carbons (Fsp3) is 0.611. The molecule has 2 saturated heterocycles. The minimum atomic E-state index is -0.227. The largest absolute Gasteiger partial charge is 0.466 e. The van der Waals surface area contributed by atoms with Crippen LogP contribution in [-0.4, -0.2) is 54.7 Å². The van der Waals surface area contributed by atoms with Gasteiger partial charge in [0.1, 0.15) is 5.82 Å². The smallest absolute Gasteiger partial charge is 0.321 e. The van der Waals surface area contributed by atoms with Crippen LogP contribution >= 0.6 is 0 Å². The highest BCUT2D eigenvalue weighted by atomic mass is 16.5. The zero-order valence-corrected chi connectivity index (χ0v) is 14.7. The van der Waals surface area contributed by atoms with Crippen molar-refractivity contribution in [3.8, 4) is 0 Å². The van der Waals surface area contributed by atoms with Gasteiger partial charge >= 0.3 is 12.0 Å². The maximum atomic E-state index is 12.5. The fourth-order valence-corrected chi connectivity index (χ4v) is 3.41. The number of esters is 1. The molecule has 3 rings (SSSR count). The number of carbonyl (C=O) groups is 2. The van der Waals surface area contributed by atoms with E-state index in [0.29, 0.717) is 25.4 Å². The van der Waals surface area contributed by atoms with Crippen molar-refractivity contribution >= 4 is 23.5 Å². The van der Waals surface area contributed by atoms with Gasteiger partial charge < -0.3 is 19.9 Å². The Morgan fingerprint density at radius 1 is 1.24 bits per heavy atom. The lowest BCUT2D eigenvalue weighted by Crippen LogP contribution is -2.44. The highest BCUT2D eigenvalue weighted by molar-refractivity contribution is 5.89. The monoisotopic (exact) mass is 346 g/mol. The zero-order valence-electron chi connectivity index (χ0n) is 14.7. The maximum Gasteiger partial charge on any atom is 0.321 e. The number of urea groups is 1. The first kappa shape index (κ1) is 17.5. The molecule has 1 atom stereocenters. The van der Waals surface area contributed by atoms with Gasteiger partial charge in [0.15, 0.2) is 0 Å². The molecule has 0 saturated carbocycles. The first-order chi connectivity index (χ1) is 12.2. The van der Waals surface area contributed by atoms with Gasteiger partial charge in [-0.25, -0.2) is 9.78 Å². The van der Waals surface area contributed by atoms with E-state index >= 15 is 0 Å². The fourth-order valence-electron chi connectivity index (χ4n) is 3.41. The quantitative estimate of drug-likeness (QED) is 0.848. The van der Waals surface area contributed by atoms with E-state index in [9.17, 15) is 9.59 Å². The second kappa shape index (κ2) is 8.18. The van der Waals surface area contributed by atoms with Crippen LogP contribution in [0.4, 0.5) is 16.3 Å². The van der Waals surface area contributed by atoms with E-state index in [2.05, 4.69) is 15.2 Å². The molecule has 1 aromatic rings. The van der Waals surface area contributed by atoms with Crippen LogP contribution in [0.3, 0.4) is 0 Å². The molecule has 25 heavy (non-hydrogen) atoms. The topological polar surface area (TPSA) is 74.8 Å². The average molecular weight is 346 g/mol. The van der Waals surface area contributed by atoms with Crippen molar-refractivity contribution in [1.29, 1.82) is 0 Å². The van der Waals surface area contributed by atoms with Gasteiger partial charge in [0.2, 0.25) is 0 Å². The number of carbonyl (C=O) groups excluding carboxylic acids is 2. The van der Waals surface area contributed by atoms with Gasteiger partial charge in [-0.2, -0.15) is 0 Å². The van der Waals surface area contributed by atoms with Crippen molar-refractivity contribution in [3.63, 3.8) is 0 Å². The van der Waals surface area contributed by atoms with Crippen LogP contribution in [0.5, 0.6) is 0 Å². The standard InChI is InChI=1S/C18H26N4O3/c1-2-25-17(23)14-6-5-11-22(13-14)18(24)20-15-7-8-16(19-12-15)21-9-3-4-10-21/h7-8,12,14H,2-6,9-11,13H2,1H3,(H,20,24)/t14-/m0/s1. The van der Waals surface area contributed by atoms with Crippen molar-refractivity contribution in [2.75, 3.05) is 43.0 Å². The molecule has 0 radical (unpaired) electrons. The van der Waals surface area contributed by atoms with Gasteiger partial charge in [0, 0.05) is 26.2 Å². The second-order valence-electron chi connectivity index (χ2n) is 6.57. The summed E-state index contributed by atoms with van der Waals surface area (Å²) in [6, 6.07) is 3.63. The molecule has 136 valence electrons. The summed E-state index contributed by atoms with van der Waals surface area (Å²) in [7, 11) is 0. The van der Waals surface area contributed by atoms with Crippen LogP contribution in [0.1, 0.15) is 32.6 Å². The summed E-state index contributed by atoms with van der Waals surface area (Å²) in [6.07, 6.45) is 5.68. The number of amides is 2. The van der Waals surface area contributed by atoms with Gasteiger partial charge in [-0.05, 0) is 44.7 Å². The molecule has 2 aliphatic rings. The molecule has 7 heteroatoms. The normalized spacial score (nSPS) is 20.4. The molecule has 0 aromatic carbocycles. The number of nitrogens with one attached hydrogen (secondary N) is 1. The van der Waals surface area contributed by atoms with Crippen molar-refractivity contribution in [2.45, 2.75) is 32.6 Å². The predicted octanol–water partition coefficient (Wildman–Crippen LogP) is 2.49. The molecule has 2 fully saturated rings. The summed E-state index contributed by atoms with van der Waals surface area (Å²) in [5.74, 6) is 0.516. The number of nitrogens with zero attached hydrogens (tertiary/aromatic N) is 3. The molecular formula is C18H26N4O3. The summed E-state index contributed by atoms with van der Waals surface area (Å²) in [5, 5.41) is 2.87. The van der Waals surface area contributed by atoms with E-state index in [0.717, 1.165) is 31.7 Å². The molecule has 1 aromatic heterocycles.